The van der Waals surface area contributed by atoms with Gasteiger partial charge in [-0.05, 0) is 58.3 Å². The van der Waals surface area contributed by atoms with E-state index in [-0.39, 0.29) is 36.9 Å². The van der Waals surface area contributed by atoms with Crippen LogP contribution in [0.5, 0.6) is 0 Å². The highest BCUT2D eigenvalue weighted by Gasteiger charge is 2.27. The molecule has 1 saturated heterocycles. The average molecular weight is 544 g/mol. The number of nitrogens with zero attached hydrogens (tertiary/aromatic N) is 5. The molecule has 4 N–H and O–H groups in total. The molecular weight excluding hydrogens is 503 g/mol. The van der Waals surface area contributed by atoms with Crippen LogP contribution in [0.2, 0.25) is 0 Å². The molecule has 1 aliphatic heterocycles. The maximum atomic E-state index is 12.1. The van der Waals surface area contributed by atoms with E-state index in [4.69, 9.17) is 25.4 Å². The number of amides is 1. The van der Waals surface area contributed by atoms with E-state index in [0.29, 0.717) is 43.8 Å². The van der Waals surface area contributed by atoms with E-state index in [0.717, 1.165) is 55.5 Å². The van der Waals surface area contributed by atoms with E-state index >= 15 is 0 Å². The van der Waals surface area contributed by atoms with Gasteiger partial charge in [0.15, 0.2) is 17.0 Å². The van der Waals surface area contributed by atoms with Crippen molar-refractivity contribution in [2.75, 3.05) is 30.3 Å². The minimum Gasteiger partial charge on any atom is -0.450 e. The van der Waals surface area contributed by atoms with Crippen molar-refractivity contribution in [2.45, 2.75) is 95.3 Å². The Bertz CT molecular complexity index is 984. The van der Waals surface area contributed by atoms with Crippen LogP contribution in [0.15, 0.2) is 6.33 Å². The standard InChI is InChI=1S/C24H38N8O2.2ClH/c1-2-34-24(33)31-13-11-18(12-14-31)27-21-20-22(32(15-26-20)19-5-3-4-6-19)30-23(29-21)28-17-9-7-16(25)8-10-17;;/h15-19H,2-14,25H2,1H3,(H2,27,28,29,30);2*1H/t16-,17-;;. The Balaban J connectivity index is 0.00000180. The molecule has 202 valence electrons. The van der Waals surface area contributed by atoms with Gasteiger partial charge in [0.25, 0.3) is 0 Å². The van der Waals surface area contributed by atoms with Crippen LogP contribution in [-0.4, -0.2) is 68.3 Å². The predicted octanol–water partition coefficient (Wildman–Crippen LogP) is 4.50. The van der Waals surface area contributed by atoms with Crippen LogP contribution in [0.3, 0.4) is 0 Å². The lowest BCUT2D eigenvalue weighted by Crippen LogP contribution is -2.42. The van der Waals surface area contributed by atoms with Crippen molar-refractivity contribution < 1.29 is 9.53 Å². The Labute approximate surface area is 225 Å². The van der Waals surface area contributed by atoms with Crippen molar-refractivity contribution in [3.8, 4) is 0 Å². The van der Waals surface area contributed by atoms with Gasteiger partial charge in [0.05, 0.1) is 12.9 Å². The third kappa shape index (κ3) is 6.44. The fourth-order valence-electron chi connectivity index (χ4n) is 5.59. The van der Waals surface area contributed by atoms with Gasteiger partial charge < -0.3 is 30.6 Å². The number of halogens is 2. The van der Waals surface area contributed by atoms with Crippen LogP contribution < -0.4 is 16.4 Å². The van der Waals surface area contributed by atoms with Crippen molar-refractivity contribution >= 4 is 53.8 Å². The third-order valence-electron chi connectivity index (χ3n) is 7.61. The topological polar surface area (TPSA) is 123 Å². The first-order valence-electron chi connectivity index (χ1n) is 13.1. The number of piperidine rings is 1. The summed E-state index contributed by atoms with van der Waals surface area (Å²) in [7, 11) is 0. The van der Waals surface area contributed by atoms with Crippen molar-refractivity contribution in [3.05, 3.63) is 6.33 Å². The molecule has 12 heteroatoms. The number of nitrogens with two attached hydrogens (primary N) is 1. The van der Waals surface area contributed by atoms with Gasteiger partial charge in [-0.15, -0.1) is 24.8 Å². The van der Waals surface area contributed by atoms with Gasteiger partial charge in [-0.25, -0.2) is 9.78 Å². The Kier molecular flexibility index (Phi) is 10.3. The molecule has 0 spiro atoms. The predicted molar refractivity (Wildman–Crippen MR) is 146 cm³/mol. The van der Waals surface area contributed by atoms with Crippen LogP contribution in [0, 0.1) is 0 Å². The lowest BCUT2D eigenvalue weighted by Gasteiger charge is -2.32. The molecule has 0 aromatic carbocycles. The number of hydrogen-bond donors (Lipinski definition) is 3. The maximum Gasteiger partial charge on any atom is 0.409 e. The summed E-state index contributed by atoms with van der Waals surface area (Å²) >= 11 is 0. The first-order chi connectivity index (χ1) is 16.6. The molecule has 2 aromatic rings. The molecule has 3 heterocycles. The number of carbonyl (C=O) groups excluding carboxylic acids is 1. The number of carbonyl (C=O) groups is 1. The van der Waals surface area contributed by atoms with Crippen LogP contribution in [0.1, 0.15) is 77.2 Å². The number of nitrogens with one attached hydrogen (secondary N) is 2. The van der Waals surface area contributed by atoms with Gasteiger partial charge in [-0.3, -0.25) is 0 Å². The third-order valence-corrected chi connectivity index (χ3v) is 7.61. The zero-order chi connectivity index (χ0) is 23.5. The van der Waals surface area contributed by atoms with Crippen LogP contribution >= 0.6 is 24.8 Å². The Hall–Kier alpha value is -2.04. The SMILES string of the molecule is CCOC(=O)N1CCC(Nc2nc(N[C@H]3CC[C@H](N)CC3)nc3c2ncn3C2CCCC2)CC1.Cl.Cl. The molecule has 36 heavy (non-hydrogen) atoms. The molecule has 2 saturated carbocycles. The summed E-state index contributed by atoms with van der Waals surface area (Å²) in [6.07, 6.45) is 12.4. The molecule has 2 aliphatic carbocycles. The van der Waals surface area contributed by atoms with Crippen molar-refractivity contribution in [2.24, 2.45) is 5.73 Å². The van der Waals surface area contributed by atoms with Crippen molar-refractivity contribution in [1.29, 1.82) is 0 Å². The van der Waals surface area contributed by atoms with E-state index in [9.17, 15) is 4.79 Å². The van der Waals surface area contributed by atoms with E-state index in [2.05, 4.69) is 15.2 Å². The Morgan fingerprint density at radius 1 is 1.00 bits per heavy atom. The second-order valence-corrected chi connectivity index (χ2v) is 10.0. The van der Waals surface area contributed by atoms with Gasteiger partial charge in [0.2, 0.25) is 5.95 Å². The smallest absolute Gasteiger partial charge is 0.409 e. The fourth-order valence-corrected chi connectivity index (χ4v) is 5.59. The fraction of sp³-hybridized carbons (Fsp3) is 0.750. The number of anilines is 2. The normalized spacial score (nSPS) is 23.1. The lowest BCUT2D eigenvalue weighted by atomic mass is 9.92. The molecule has 3 aliphatic rings. The molecule has 5 rings (SSSR count). The zero-order valence-corrected chi connectivity index (χ0v) is 22.7. The number of ether oxygens (including phenoxy) is 1. The first-order valence-corrected chi connectivity index (χ1v) is 13.1. The monoisotopic (exact) mass is 542 g/mol. The van der Waals surface area contributed by atoms with E-state index in [1.807, 2.05) is 13.3 Å². The van der Waals surface area contributed by atoms with Gasteiger partial charge in [-0.2, -0.15) is 9.97 Å². The average Bonchev–Trinajstić information content (AvgIpc) is 3.51. The molecule has 2 aromatic heterocycles. The van der Waals surface area contributed by atoms with Gasteiger partial charge in [0, 0.05) is 37.3 Å². The number of fused-ring (bicyclic) bond motifs is 1. The highest BCUT2D eigenvalue weighted by Crippen LogP contribution is 2.33. The van der Waals surface area contributed by atoms with Crippen molar-refractivity contribution in [1.82, 2.24) is 24.4 Å². The summed E-state index contributed by atoms with van der Waals surface area (Å²) in [5.41, 5.74) is 7.84. The number of hydrogen-bond acceptors (Lipinski definition) is 8. The van der Waals surface area contributed by atoms with Crippen LogP contribution in [0.25, 0.3) is 11.2 Å². The van der Waals surface area contributed by atoms with Crippen molar-refractivity contribution in [3.63, 3.8) is 0 Å². The number of rotatable bonds is 6. The summed E-state index contributed by atoms with van der Waals surface area (Å²) < 4.78 is 7.41. The molecule has 0 bridgehead atoms. The summed E-state index contributed by atoms with van der Waals surface area (Å²) in [4.78, 5) is 28.4. The van der Waals surface area contributed by atoms with Gasteiger partial charge in [0.1, 0.15) is 0 Å². The maximum absolute atomic E-state index is 12.1. The van der Waals surface area contributed by atoms with E-state index in [1.165, 1.54) is 25.7 Å². The molecule has 0 radical (unpaired) electrons. The molecule has 1 amide bonds. The largest absolute Gasteiger partial charge is 0.450 e. The summed E-state index contributed by atoms with van der Waals surface area (Å²) in [5.74, 6) is 1.45. The summed E-state index contributed by atoms with van der Waals surface area (Å²) in [6, 6.07) is 1.34. The van der Waals surface area contributed by atoms with Crippen LogP contribution in [-0.2, 0) is 4.74 Å². The highest BCUT2D eigenvalue weighted by molar-refractivity contribution is 5.86. The molecule has 3 fully saturated rings. The minimum atomic E-state index is -0.223. The highest BCUT2D eigenvalue weighted by atomic mass is 35.5. The van der Waals surface area contributed by atoms with Gasteiger partial charge in [-0.1, -0.05) is 12.8 Å². The number of likely N-dealkylation sites (tertiary alicyclic amines) is 1. The van der Waals surface area contributed by atoms with Crippen LogP contribution in [0.4, 0.5) is 16.6 Å². The number of imidazole rings is 1. The molecule has 0 unspecified atom stereocenters. The quantitative estimate of drug-likeness (QED) is 0.487. The summed E-state index contributed by atoms with van der Waals surface area (Å²) in [6.45, 7) is 3.59. The molecule has 0 atom stereocenters. The second-order valence-electron chi connectivity index (χ2n) is 10.0. The van der Waals surface area contributed by atoms with E-state index < -0.39 is 0 Å². The minimum absolute atomic E-state index is 0. The lowest BCUT2D eigenvalue weighted by molar-refractivity contribution is 0.0983. The Morgan fingerprint density at radius 3 is 2.33 bits per heavy atom. The first kappa shape index (κ1) is 28.5. The molecule has 10 nitrogen and oxygen atoms in total. The molecular formula is C24H40Cl2N8O2. The van der Waals surface area contributed by atoms with Gasteiger partial charge >= 0.3 is 6.09 Å². The summed E-state index contributed by atoms with van der Waals surface area (Å²) in [5, 5.41) is 7.22. The Morgan fingerprint density at radius 2 is 1.67 bits per heavy atom. The number of aromatic nitrogens is 4. The van der Waals surface area contributed by atoms with E-state index in [1.54, 1.807) is 4.90 Å². The second kappa shape index (κ2) is 13.0. The zero-order valence-electron chi connectivity index (χ0n) is 21.0.